The molecule has 0 bridgehead atoms. The van der Waals surface area contributed by atoms with Gasteiger partial charge in [-0.3, -0.25) is 0 Å². The maximum absolute atomic E-state index is 14.3. The highest BCUT2D eigenvalue weighted by molar-refractivity contribution is 8.00. The summed E-state index contributed by atoms with van der Waals surface area (Å²) in [4.78, 5) is 13.4. The molecule has 1 heterocycles. The molecule has 1 aromatic carbocycles. The topological polar surface area (TPSA) is 40.5 Å². The number of nitrogens with zero attached hydrogens (tertiary/aromatic N) is 1. The second-order valence-electron chi connectivity index (χ2n) is 6.04. The molecule has 0 spiro atoms. The maximum Gasteiger partial charge on any atom is 0.334 e. The Morgan fingerprint density at radius 2 is 2.00 bits per heavy atom. The van der Waals surface area contributed by atoms with Crippen LogP contribution in [0, 0.1) is 5.82 Å². The third kappa shape index (κ3) is 5.30. The lowest BCUT2D eigenvalue weighted by atomic mass is 10.1. The maximum atomic E-state index is 14.3. The molecule has 1 aliphatic rings. The van der Waals surface area contributed by atoms with Crippen LogP contribution in [-0.4, -0.2) is 33.6 Å². The highest BCUT2D eigenvalue weighted by Gasteiger charge is 2.33. The average molecular weight is 385 g/mol. The monoisotopic (exact) mass is 385 g/mol. The molecule has 1 aliphatic heterocycles. The Balaban J connectivity index is 2.02. The number of benzene rings is 1. The first-order valence-corrected chi connectivity index (χ1v) is 9.53. The molecule has 1 atom stereocenters. The van der Waals surface area contributed by atoms with E-state index in [0.717, 1.165) is 37.1 Å². The minimum Gasteiger partial charge on any atom is -0.478 e. The normalized spacial score (nSPS) is 17.3. The van der Waals surface area contributed by atoms with Crippen molar-refractivity contribution in [2.24, 2.45) is 0 Å². The van der Waals surface area contributed by atoms with Crippen molar-refractivity contribution >= 4 is 17.7 Å². The zero-order valence-electron chi connectivity index (χ0n) is 14.5. The van der Waals surface area contributed by atoms with Crippen LogP contribution in [0.25, 0.3) is 0 Å². The fraction of sp³-hybridized carbons (Fsp3) is 0.421. The Labute approximate surface area is 155 Å². The first kappa shape index (κ1) is 20.4. The molecule has 0 fully saturated rings. The van der Waals surface area contributed by atoms with Gasteiger partial charge in [-0.05, 0) is 30.7 Å². The molecule has 0 aliphatic carbocycles. The van der Waals surface area contributed by atoms with Crippen LogP contribution in [-0.2, 0) is 10.7 Å². The first-order valence-electron chi connectivity index (χ1n) is 8.48. The summed E-state index contributed by atoms with van der Waals surface area (Å²) in [5, 5.41) is 8.90. The molecule has 26 heavy (non-hydrogen) atoms. The van der Waals surface area contributed by atoms with Crippen LogP contribution in [0.1, 0.15) is 31.7 Å². The lowest BCUT2D eigenvalue weighted by molar-refractivity contribution is -0.133. The van der Waals surface area contributed by atoms with Gasteiger partial charge in [-0.1, -0.05) is 25.5 Å². The van der Waals surface area contributed by atoms with E-state index in [1.807, 2.05) is 11.8 Å². The molecule has 142 valence electrons. The number of hydrogen-bond donors (Lipinski definition) is 1. The number of carboxylic acids is 1. The van der Waals surface area contributed by atoms with E-state index in [0.29, 0.717) is 6.54 Å². The summed E-state index contributed by atoms with van der Waals surface area (Å²) in [6, 6.07) is 4.19. The van der Waals surface area contributed by atoms with Gasteiger partial charge in [-0.15, -0.1) is 11.8 Å². The Morgan fingerprint density at radius 1 is 1.31 bits per heavy atom. The number of unbranched alkanes of at least 4 members (excludes halogenated alkanes) is 1. The van der Waals surface area contributed by atoms with E-state index in [4.69, 9.17) is 0 Å². The Morgan fingerprint density at radius 3 is 2.62 bits per heavy atom. The SMILES string of the molecule is CCCCN1C=CC=C(C(=O)O)C1SCCC(F)(F)c1ccc(F)cc1. The van der Waals surface area contributed by atoms with E-state index in [-0.39, 0.29) is 16.9 Å². The minimum absolute atomic E-state index is 0.0795. The number of hydrogen-bond acceptors (Lipinski definition) is 3. The van der Waals surface area contributed by atoms with Crippen molar-refractivity contribution in [1.82, 2.24) is 4.90 Å². The quantitative estimate of drug-likeness (QED) is 0.649. The largest absolute Gasteiger partial charge is 0.478 e. The molecule has 7 heteroatoms. The molecule has 1 N–H and O–H groups in total. The van der Waals surface area contributed by atoms with E-state index in [2.05, 4.69) is 0 Å². The fourth-order valence-electron chi connectivity index (χ4n) is 2.63. The molecule has 0 aromatic heterocycles. The van der Waals surface area contributed by atoms with Gasteiger partial charge in [-0.25, -0.2) is 18.0 Å². The van der Waals surface area contributed by atoms with Crippen molar-refractivity contribution in [3.8, 4) is 0 Å². The molecule has 1 unspecified atom stereocenters. The molecular formula is C19H22F3NO2S. The first-order chi connectivity index (χ1) is 12.3. The van der Waals surface area contributed by atoms with Crippen molar-refractivity contribution in [3.63, 3.8) is 0 Å². The Hall–Kier alpha value is -1.89. The van der Waals surface area contributed by atoms with Gasteiger partial charge in [0.1, 0.15) is 11.2 Å². The third-order valence-electron chi connectivity index (χ3n) is 4.10. The predicted octanol–water partition coefficient (Wildman–Crippen LogP) is 5.01. The number of halogens is 3. The number of carbonyl (C=O) groups is 1. The summed E-state index contributed by atoms with van der Waals surface area (Å²) in [6.45, 7) is 2.71. The highest BCUT2D eigenvalue weighted by atomic mass is 32.2. The number of aliphatic carboxylic acids is 1. The van der Waals surface area contributed by atoms with Gasteiger partial charge in [0.05, 0.1) is 5.57 Å². The van der Waals surface area contributed by atoms with Crippen molar-refractivity contribution in [2.45, 2.75) is 37.5 Å². The van der Waals surface area contributed by atoms with E-state index in [9.17, 15) is 23.1 Å². The van der Waals surface area contributed by atoms with Crippen molar-refractivity contribution < 1.29 is 23.1 Å². The van der Waals surface area contributed by atoms with Crippen molar-refractivity contribution in [2.75, 3.05) is 12.3 Å². The molecule has 0 amide bonds. The number of allylic oxidation sites excluding steroid dienone is 2. The summed E-state index contributed by atoms with van der Waals surface area (Å²) < 4.78 is 41.5. The minimum atomic E-state index is -3.09. The van der Waals surface area contributed by atoms with E-state index < -0.39 is 29.5 Å². The van der Waals surface area contributed by atoms with Gasteiger partial charge >= 0.3 is 5.97 Å². The standard InChI is InChI=1S/C19H22F3NO2S/c1-2-3-11-23-12-4-5-16(18(24)25)17(23)26-13-10-19(21,22)14-6-8-15(20)9-7-14/h4-9,12,17H,2-3,10-11,13H2,1H3,(H,24,25). The second-order valence-corrected chi connectivity index (χ2v) is 7.23. The van der Waals surface area contributed by atoms with Crippen LogP contribution >= 0.6 is 11.8 Å². The molecule has 0 radical (unpaired) electrons. The fourth-order valence-corrected chi connectivity index (χ4v) is 3.95. The second kappa shape index (κ2) is 9.16. The van der Waals surface area contributed by atoms with Gasteiger partial charge in [0, 0.05) is 30.5 Å². The van der Waals surface area contributed by atoms with Crippen molar-refractivity contribution in [3.05, 3.63) is 59.6 Å². The summed E-state index contributed by atoms with van der Waals surface area (Å²) >= 11 is 1.19. The van der Waals surface area contributed by atoms with Gasteiger partial charge < -0.3 is 10.0 Å². The third-order valence-corrected chi connectivity index (χ3v) is 5.38. The summed E-state index contributed by atoms with van der Waals surface area (Å²) in [5.74, 6) is -4.61. The number of alkyl halides is 2. The van der Waals surface area contributed by atoms with Gasteiger partial charge in [0.25, 0.3) is 5.92 Å². The van der Waals surface area contributed by atoms with Crippen LogP contribution in [0.4, 0.5) is 13.2 Å². The van der Waals surface area contributed by atoms with Gasteiger partial charge in [0.15, 0.2) is 0 Å². The van der Waals surface area contributed by atoms with E-state index in [1.54, 1.807) is 12.3 Å². The number of carboxylic acid groups (broad SMARTS) is 1. The van der Waals surface area contributed by atoms with Crippen LogP contribution < -0.4 is 0 Å². The molecule has 2 rings (SSSR count). The van der Waals surface area contributed by atoms with Crippen LogP contribution in [0.15, 0.2) is 48.2 Å². The van der Waals surface area contributed by atoms with Gasteiger partial charge in [0.2, 0.25) is 0 Å². The smallest absolute Gasteiger partial charge is 0.334 e. The van der Waals surface area contributed by atoms with E-state index in [1.165, 1.54) is 17.8 Å². The van der Waals surface area contributed by atoms with Crippen molar-refractivity contribution in [1.29, 1.82) is 0 Å². The zero-order valence-corrected chi connectivity index (χ0v) is 15.3. The lowest BCUT2D eigenvalue weighted by Crippen LogP contribution is -2.35. The predicted molar refractivity (Wildman–Crippen MR) is 97.6 cm³/mol. The summed E-state index contributed by atoms with van der Waals surface area (Å²) in [5.41, 5.74) is -0.0430. The van der Waals surface area contributed by atoms with Crippen LogP contribution in [0.2, 0.25) is 0 Å². The lowest BCUT2D eigenvalue weighted by Gasteiger charge is -2.33. The number of thioether (sulfide) groups is 1. The molecule has 0 saturated heterocycles. The van der Waals surface area contributed by atoms with Crippen LogP contribution in [0.5, 0.6) is 0 Å². The number of rotatable bonds is 9. The highest BCUT2D eigenvalue weighted by Crippen LogP contribution is 2.35. The zero-order chi connectivity index (χ0) is 19.2. The van der Waals surface area contributed by atoms with Gasteiger partial charge in [-0.2, -0.15) is 0 Å². The molecule has 3 nitrogen and oxygen atoms in total. The molecule has 0 saturated carbocycles. The Bertz CT molecular complexity index is 674. The molecule has 1 aromatic rings. The summed E-state index contributed by atoms with van der Waals surface area (Å²) in [6.07, 6.45) is 6.39. The molecular weight excluding hydrogens is 363 g/mol. The average Bonchev–Trinajstić information content (AvgIpc) is 2.60. The van der Waals surface area contributed by atoms with Crippen LogP contribution in [0.3, 0.4) is 0 Å². The Kier molecular flexibility index (Phi) is 7.20. The summed E-state index contributed by atoms with van der Waals surface area (Å²) in [7, 11) is 0. The van der Waals surface area contributed by atoms with E-state index >= 15 is 0 Å².